The zero-order chi connectivity index (χ0) is 17.4. The summed E-state index contributed by atoms with van der Waals surface area (Å²) in [7, 11) is 3.03. The van der Waals surface area contributed by atoms with Crippen molar-refractivity contribution in [3.8, 4) is 0 Å². The lowest BCUT2D eigenvalue weighted by atomic mass is 10.0. The monoisotopic (exact) mass is 326 g/mol. The third-order valence-corrected chi connectivity index (χ3v) is 4.02. The topological polar surface area (TPSA) is 57.7 Å². The van der Waals surface area contributed by atoms with Crippen LogP contribution < -0.4 is 0 Å². The molecule has 0 aromatic heterocycles. The average molecular weight is 326 g/mol. The molecule has 3 amide bonds. The van der Waals surface area contributed by atoms with E-state index in [4.69, 9.17) is 0 Å². The van der Waals surface area contributed by atoms with Crippen LogP contribution in [0.1, 0.15) is 36.6 Å². The van der Waals surface area contributed by atoms with Crippen LogP contribution in [0.4, 0.5) is 4.39 Å². The summed E-state index contributed by atoms with van der Waals surface area (Å²) in [6.45, 7) is 0.309. The summed E-state index contributed by atoms with van der Waals surface area (Å²) in [5.41, 5.74) is 1.66. The highest BCUT2D eigenvalue weighted by Gasteiger charge is 2.33. The first-order chi connectivity index (χ1) is 11.4. The lowest BCUT2D eigenvalue weighted by molar-refractivity contribution is 0.0692. The zero-order valence-corrected chi connectivity index (χ0v) is 13.2. The van der Waals surface area contributed by atoms with Gasteiger partial charge in [0.2, 0.25) is 0 Å². The molecule has 0 fully saturated rings. The number of hydrogen-bond acceptors (Lipinski definition) is 3. The van der Waals surface area contributed by atoms with Gasteiger partial charge in [-0.05, 0) is 35.9 Å². The molecule has 1 heterocycles. The zero-order valence-electron chi connectivity index (χ0n) is 13.2. The lowest BCUT2D eigenvalue weighted by Crippen LogP contribution is -2.26. The van der Waals surface area contributed by atoms with E-state index in [1.54, 1.807) is 19.2 Å². The first kappa shape index (κ1) is 15.9. The van der Waals surface area contributed by atoms with Gasteiger partial charge in [-0.25, -0.2) is 4.39 Å². The Morgan fingerprint density at radius 2 is 1.67 bits per heavy atom. The van der Waals surface area contributed by atoms with Crippen LogP contribution in [0.2, 0.25) is 0 Å². The lowest BCUT2D eigenvalue weighted by Gasteiger charge is -2.17. The van der Waals surface area contributed by atoms with Gasteiger partial charge in [-0.3, -0.25) is 19.3 Å². The molecule has 0 unspecified atom stereocenters. The minimum Gasteiger partial charge on any atom is -0.337 e. The van der Waals surface area contributed by atoms with Crippen LogP contribution >= 0.6 is 0 Å². The summed E-state index contributed by atoms with van der Waals surface area (Å²) >= 11 is 0. The normalized spacial score (nSPS) is 13.2. The van der Waals surface area contributed by atoms with Gasteiger partial charge < -0.3 is 4.90 Å². The highest BCUT2D eigenvalue weighted by Crippen LogP contribution is 2.23. The van der Waals surface area contributed by atoms with Crippen LogP contribution in [-0.4, -0.2) is 41.6 Å². The Morgan fingerprint density at radius 1 is 1.04 bits per heavy atom. The predicted octanol–water partition coefficient (Wildman–Crippen LogP) is 2.32. The van der Waals surface area contributed by atoms with Crippen molar-refractivity contribution in [1.29, 1.82) is 0 Å². The molecule has 1 aliphatic rings. The van der Waals surface area contributed by atoms with Gasteiger partial charge in [0.15, 0.2) is 0 Å². The molecule has 2 aromatic carbocycles. The molecule has 5 nitrogen and oxygen atoms in total. The molecule has 0 spiro atoms. The van der Waals surface area contributed by atoms with Gasteiger partial charge in [-0.1, -0.05) is 12.1 Å². The van der Waals surface area contributed by atoms with Crippen molar-refractivity contribution < 1.29 is 18.8 Å². The van der Waals surface area contributed by atoms with Gasteiger partial charge >= 0.3 is 0 Å². The second-order valence-corrected chi connectivity index (χ2v) is 5.72. The maximum Gasteiger partial charge on any atom is 0.261 e. The van der Waals surface area contributed by atoms with Gasteiger partial charge in [-0.15, -0.1) is 0 Å². The SMILES string of the molecule is CN(Cc1ccc(F)cc1)C(=O)c1ccc2c(c1)C(=O)N(C)C2=O. The van der Waals surface area contributed by atoms with Crippen molar-refractivity contribution in [2.75, 3.05) is 14.1 Å². The minimum atomic E-state index is -0.411. The van der Waals surface area contributed by atoms with Crippen LogP contribution in [-0.2, 0) is 6.54 Å². The van der Waals surface area contributed by atoms with Crippen molar-refractivity contribution in [3.63, 3.8) is 0 Å². The fourth-order valence-corrected chi connectivity index (χ4v) is 2.65. The van der Waals surface area contributed by atoms with E-state index in [1.165, 1.54) is 42.3 Å². The number of hydrogen-bond donors (Lipinski definition) is 0. The van der Waals surface area contributed by atoms with Gasteiger partial charge in [0.1, 0.15) is 5.82 Å². The fourth-order valence-electron chi connectivity index (χ4n) is 2.65. The first-order valence-electron chi connectivity index (χ1n) is 7.35. The molecule has 24 heavy (non-hydrogen) atoms. The quantitative estimate of drug-likeness (QED) is 0.814. The summed E-state index contributed by atoms with van der Waals surface area (Å²) in [6.07, 6.45) is 0. The van der Waals surface area contributed by atoms with Crippen molar-refractivity contribution in [2.24, 2.45) is 0 Å². The maximum atomic E-state index is 12.9. The van der Waals surface area contributed by atoms with Crippen molar-refractivity contribution >= 4 is 17.7 Å². The highest BCUT2D eigenvalue weighted by molar-refractivity contribution is 6.21. The number of carbonyl (C=O) groups is 3. The molecule has 122 valence electrons. The Kier molecular flexibility index (Phi) is 3.89. The molecule has 0 bridgehead atoms. The summed E-state index contributed by atoms with van der Waals surface area (Å²) in [6, 6.07) is 10.4. The second kappa shape index (κ2) is 5.88. The van der Waals surface area contributed by atoms with E-state index in [0.29, 0.717) is 17.7 Å². The standard InChI is InChI=1S/C18H15FN2O3/c1-20(10-11-3-6-13(19)7-4-11)16(22)12-5-8-14-15(9-12)18(24)21(2)17(14)23/h3-9H,10H2,1-2H3. The molecule has 6 heteroatoms. The number of rotatable bonds is 3. The Hall–Kier alpha value is -3.02. The summed E-state index contributed by atoms with van der Waals surface area (Å²) in [4.78, 5) is 38.9. The van der Waals surface area contributed by atoms with Crippen LogP contribution in [0.5, 0.6) is 0 Å². The third kappa shape index (κ3) is 2.67. The Balaban J connectivity index is 1.82. The van der Waals surface area contributed by atoms with Crippen LogP contribution in [0, 0.1) is 5.82 Å². The van der Waals surface area contributed by atoms with E-state index in [-0.39, 0.29) is 23.2 Å². The van der Waals surface area contributed by atoms with Gasteiger partial charge in [0.25, 0.3) is 17.7 Å². The number of halogens is 1. The van der Waals surface area contributed by atoms with Gasteiger partial charge in [0.05, 0.1) is 11.1 Å². The van der Waals surface area contributed by atoms with E-state index >= 15 is 0 Å². The van der Waals surface area contributed by atoms with Crippen molar-refractivity contribution in [3.05, 3.63) is 70.5 Å². The molecule has 0 saturated carbocycles. The molecule has 0 saturated heterocycles. The molecular weight excluding hydrogens is 311 g/mol. The molecule has 0 radical (unpaired) electrons. The molecule has 3 rings (SSSR count). The van der Waals surface area contributed by atoms with Gasteiger partial charge in [0, 0.05) is 26.2 Å². The molecular formula is C18H15FN2O3. The summed E-state index contributed by atoms with van der Waals surface area (Å²) in [5, 5.41) is 0. The average Bonchev–Trinajstić information content (AvgIpc) is 2.80. The van der Waals surface area contributed by atoms with Crippen molar-refractivity contribution in [2.45, 2.75) is 6.54 Å². The fraction of sp³-hybridized carbons (Fsp3) is 0.167. The number of nitrogens with zero attached hydrogens (tertiary/aromatic N) is 2. The van der Waals surface area contributed by atoms with E-state index in [0.717, 1.165) is 10.5 Å². The van der Waals surface area contributed by atoms with E-state index < -0.39 is 5.91 Å². The Bertz CT molecular complexity index is 846. The Labute approximate surface area is 138 Å². The second-order valence-electron chi connectivity index (χ2n) is 5.72. The molecule has 0 N–H and O–H groups in total. The largest absolute Gasteiger partial charge is 0.337 e. The number of fused-ring (bicyclic) bond motifs is 1. The predicted molar refractivity (Wildman–Crippen MR) is 85.1 cm³/mol. The number of imide groups is 1. The molecule has 0 atom stereocenters. The summed E-state index contributed by atoms with van der Waals surface area (Å²) in [5.74, 6) is -1.39. The number of amides is 3. The molecule has 2 aromatic rings. The first-order valence-corrected chi connectivity index (χ1v) is 7.35. The highest BCUT2D eigenvalue weighted by atomic mass is 19.1. The smallest absolute Gasteiger partial charge is 0.261 e. The number of carbonyl (C=O) groups excluding carboxylic acids is 3. The van der Waals surface area contributed by atoms with E-state index in [9.17, 15) is 18.8 Å². The van der Waals surface area contributed by atoms with Crippen LogP contribution in [0.25, 0.3) is 0 Å². The van der Waals surface area contributed by atoms with Crippen LogP contribution in [0.15, 0.2) is 42.5 Å². The molecule has 0 aliphatic carbocycles. The van der Waals surface area contributed by atoms with E-state index in [1.807, 2.05) is 0 Å². The Morgan fingerprint density at radius 3 is 2.33 bits per heavy atom. The maximum absolute atomic E-state index is 12.9. The van der Waals surface area contributed by atoms with Crippen molar-refractivity contribution in [1.82, 2.24) is 9.80 Å². The van der Waals surface area contributed by atoms with E-state index in [2.05, 4.69) is 0 Å². The third-order valence-electron chi connectivity index (χ3n) is 4.02. The number of benzene rings is 2. The minimum absolute atomic E-state index is 0.239. The summed E-state index contributed by atoms with van der Waals surface area (Å²) < 4.78 is 12.9. The van der Waals surface area contributed by atoms with Crippen LogP contribution in [0.3, 0.4) is 0 Å². The molecule has 1 aliphatic heterocycles. The van der Waals surface area contributed by atoms with Gasteiger partial charge in [-0.2, -0.15) is 0 Å².